The van der Waals surface area contributed by atoms with Crippen molar-refractivity contribution in [2.75, 3.05) is 10.0 Å². The molecular weight excluding hydrogens is 302 g/mol. The first kappa shape index (κ1) is 15.5. The highest BCUT2D eigenvalue weighted by atomic mass is 32.2. The van der Waals surface area contributed by atoms with Crippen molar-refractivity contribution in [3.8, 4) is 6.07 Å². The predicted molar refractivity (Wildman–Crippen MR) is 82.7 cm³/mol. The zero-order valence-corrected chi connectivity index (χ0v) is 12.5. The minimum absolute atomic E-state index is 0.0740. The third kappa shape index (κ3) is 3.62. The second-order valence-electron chi connectivity index (χ2n) is 4.47. The van der Waals surface area contributed by atoms with Crippen molar-refractivity contribution < 1.29 is 13.2 Å². The molecule has 0 aliphatic heterocycles. The standard InChI is InChI=1S/C15H13N3O3S/c1-11(19)17-13-6-8-14(9-7-13)18-22(20,21)15-5-3-2-4-12(15)10-16/h2-9,18H,1H3,(H,17,19). The average molecular weight is 315 g/mol. The molecule has 7 heteroatoms. The van der Waals surface area contributed by atoms with Gasteiger partial charge in [0.1, 0.15) is 11.0 Å². The van der Waals surface area contributed by atoms with E-state index in [-0.39, 0.29) is 16.4 Å². The summed E-state index contributed by atoms with van der Waals surface area (Å²) >= 11 is 0. The second kappa shape index (κ2) is 6.28. The van der Waals surface area contributed by atoms with E-state index in [4.69, 9.17) is 5.26 Å². The number of amides is 1. The fourth-order valence-corrected chi connectivity index (χ4v) is 3.05. The topological polar surface area (TPSA) is 99.1 Å². The van der Waals surface area contributed by atoms with Gasteiger partial charge in [0.2, 0.25) is 5.91 Å². The number of carbonyl (C=O) groups is 1. The fraction of sp³-hybridized carbons (Fsp3) is 0.0667. The molecule has 2 aromatic rings. The van der Waals surface area contributed by atoms with E-state index in [2.05, 4.69) is 10.0 Å². The van der Waals surface area contributed by atoms with E-state index in [9.17, 15) is 13.2 Å². The lowest BCUT2D eigenvalue weighted by Gasteiger charge is -2.10. The Balaban J connectivity index is 2.26. The van der Waals surface area contributed by atoms with E-state index in [0.29, 0.717) is 11.4 Å². The lowest BCUT2D eigenvalue weighted by atomic mass is 10.2. The SMILES string of the molecule is CC(=O)Nc1ccc(NS(=O)(=O)c2ccccc2C#N)cc1. The number of nitriles is 1. The van der Waals surface area contributed by atoms with Crippen LogP contribution in [0.3, 0.4) is 0 Å². The van der Waals surface area contributed by atoms with Crippen LogP contribution in [-0.4, -0.2) is 14.3 Å². The Kier molecular flexibility index (Phi) is 4.44. The Bertz CT molecular complexity index is 837. The van der Waals surface area contributed by atoms with E-state index in [1.165, 1.54) is 31.2 Å². The van der Waals surface area contributed by atoms with Crippen molar-refractivity contribution in [1.82, 2.24) is 0 Å². The van der Waals surface area contributed by atoms with Crippen LogP contribution < -0.4 is 10.0 Å². The number of rotatable bonds is 4. The molecule has 0 heterocycles. The van der Waals surface area contributed by atoms with Crippen LogP contribution in [0.15, 0.2) is 53.4 Å². The van der Waals surface area contributed by atoms with Crippen LogP contribution in [-0.2, 0) is 14.8 Å². The van der Waals surface area contributed by atoms with E-state index in [0.717, 1.165) is 0 Å². The maximum atomic E-state index is 12.3. The predicted octanol–water partition coefficient (Wildman–Crippen LogP) is 2.32. The number of carbonyl (C=O) groups excluding carboxylic acids is 1. The maximum Gasteiger partial charge on any atom is 0.263 e. The summed E-state index contributed by atoms with van der Waals surface area (Å²) in [5, 5.41) is 11.6. The van der Waals surface area contributed by atoms with Gasteiger partial charge in [-0.1, -0.05) is 12.1 Å². The Morgan fingerprint density at radius 1 is 1.05 bits per heavy atom. The molecule has 0 aliphatic carbocycles. The summed E-state index contributed by atoms with van der Waals surface area (Å²) in [5.74, 6) is -0.212. The monoisotopic (exact) mass is 315 g/mol. The van der Waals surface area contributed by atoms with E-state index in [1.807, 2.05) is 6.07 Å². The van der Waals surface area contributed by atoms with E-state index < -0.39 is 10.0 Å². The third-order valence-electron chi connectivity index (χ3n) is 2.75. The maximum absolute atomic E-state index is 12.3. The summed E-state index contributed by atoms with van der Waals surface area (Å²) in [4.78, 5) is 10.8. The van der Waals surface area contributed by atoms with Gasteiger partial charge in [0.25, 0.3) is 10.0 Å². The Hall–Kier alpha value is -2.85. The van der Waals surface area contributed by atoms with Crippen molar-refractivity contribution in [3.63, 3.8) is 0 Å². The number of nitrogens with zero attached hydrogens (tertiary/aromatic N) is 1. The van der Waals surface area contributed by atoms with Crippen molar-refractivity contribution in [3.05, 3.63) is 54.1 Å². The van der Waals surface area contributed by atoms with Crippen LogP contribution in [0.25, 0.3) is 0 Å². The molecule has 22 heavy (non-hydrogen) atoms. The first-order valence-corrected chi connectivity index (χ1v) is 7.80. The normalized spacial score (nSPS) is 10.5. The zero-order valence-electron chi connectivity index (χ0n) is 11.7. The van der Waals surface area contributed by atoms with Gasteiger partial charge in [0.05, 0.1) is 5.56 Å². The minimum Gasteiger partial charge on any atom is -0.326 e. The molecule has 0 saturated heterocycles. The number of sulfonamides is 1. The second-order valence-corrected chi connectivity index (χ2v) is 6.12. The average Bonchev–Trinajstić information content (AvgIpc) is 2.48. The molecule has 0 spiro atoms. The summed E-state index contributed by atoms with van der Waals surface area (Å²) in [6, 6.07) is 14.0. The number of hydrogen-bond donors (Lipinski definition) is 2. The first-order valence-electron chi connectivity index (χ1n) is 6.32. The van der Waals surface area contributed by atoms with Gasteiger partial charge in [-0.2, -0.15) is 5.26 Å². The molecular formula is C15H13N3O3S. The first-order chi connectivity index (χ1) is 10.4. The fourth-order valence-electron chi connectivity index (χ4n) is 1.83. The van der Waals surface area contributed by atoms with Crippen LogP contribution in [0.5, 0.6) is 0 Å². The van der Waals surface area contributed by atoms with Crippen molar-refractivity contribution in [2.24, 2.45) is 0 Å². The van der Waals surface area contributed by atoms with Gasteiger partial charge in [0.15, 0.2) is 0 Å². The molecule has 0 radical (unpaired) electrons. The van der Waals surface area contributed by atoms with Crippen molar-refractivity contribution in [2.45, 2.75) is 11.8 Å². The van der Waals surface area contributed by atoms with Crippen LogP contribution in [0, 0.1) is 11.3 Å². The largest absolute Gasteiger partial charge is 0.326 e. The lowest BCUT2D eigenvalue weighted by molar-refractivity contribution is -0.114. The summed E-state index contributed by atoms with van der Waals surface area (Å²) in [7, 11) is -3.85. The van der Waals surface area contributed by atoms with Crippen LogP contribution in [0.4, 0.5) is 11.4 Å². The smallest absolute Gasteiger partial charge is 0.263 e. The minimum atomic E-state index is -3.85. The molecule has 6 nitrogen and oxygen atoms in total. The van der Waals surface area contributed by atoms with Gasteiger partial charge >= 0.3 is 0 Å². The van der Waals surface area contributed by atoms with Crippen LogP contribution >= 0.6 is 0 Å². The molecule has 0 saturated carbocycles. The third-order valence-corrected chi connectivity index (χ3v) is 4.19. The Labute approximate surface area is 128 Å². The quantitative estimate of drug-likeness (QED) is 0.904. The molecule has 112 valence electrons. The summed E-state index contributed by atoms with van der Waals surface area (Å²) in [6.07, 6.45) is 0. The molecule has 2 rings (SSSR count). The zero-order chi connectivity index (χ0) is 16.2. The van der Waals surface area contributed by atoms with Gasteiger partial charge in [-0.05, 0) is 36.4 Å². The Morgan fingerprint density at radius 2 is 1.64 bits per heavy atom. The van der Waals surface area contributed by atoms with Gasteiger partial charge < -0.3 is 5.32 Å². The molecule has 0 bridgehead atoms. The van der Waals surface area contributed by atoms with Gasteiger partial charge in [0, 0.05) is 18.3 Å². The van der Waals surface area contributed by atoms with Crippen molar-refractivity contribution in [1.29, 1.82) is 5.26 Å². The van der Waals surface area contributed by atoms with Crippen LogP contribution in [0.2, 0.25) is 0 Å². The molecule has 1 amide bonds. The van der Waals surface area contributed by atoms with E-state index in [1.54, 1.807) is 24.3 Å². The van der Waals surface area contributed by atoms with Crippen LogP contribution in [0.1, 0.15) is 12.5 Å². The van der Waals surface area contributed by atoms with Gasteiger partial charge in [-0.3, -0.25) is 9.52 Å². The Morgan fingerprint density at radius 3 is 2.23 bits per heavy atom. The molecule has 0 atom stereocenters. The lowest BCUT2D eigenvalue weighted by Crippen LogP contribution is -2.14. The molecule has 0 aromatic heterocycles. The number of nitrogens with one attached hydrogen (secondary N) is 2. The highest BCUT2D eigenvalue weighted by Gasteiger charge is 2.18. The highest BCUT2D eigenvalue weighted by molar-refractivity contribution is 7.92. The summed E-state index contributed by atoms with van der Waals surface area (Å²) in [6.45, 7) is 1.38. The molecule has 2 aromatic carbocycles. The highest BCUT2D eigenvalue weighted by Crippen LogP contribution is 2.20. The molecule has 0 unspecified atom stereocenters. The van der Waals surface area contributed by atoms with Crippen molar-refractivity contribution >= 4 is 27.3 Å². The summed E-state index contributed by atoms with van der Waals surface area (Å²) < 4.78 is 27.0. The summed E-state index contributed by atoms with van der Waals surface area (Å²) in [5.41, 5.74) is 0.972. The molecule has 0 fully saturated rings. The van der Waals surface area contributed by atoms with E-state index >= 15 is 0 Å². The number of hydrogen-bond acceptors (Lipinski definition) is 4. The molecule has 2 N–H and O–H groups in total. The number of anilines is 2. The molecule has 0 aliphatic rings. The van der Waals surface area contributed by atoms with Gasteiger partial charge in [-0.25, -0.2) is 8.42 Å². The number of benzene rings is 2. The van der Waals surface area contributed by atoms with Gasteiger partial charge in [-0.15, -0.1) is 0 Å².